The second-order valence-corrected chi connectivity index (χ2v) is 4.50. The number of carbonyl (C=O) groups is 1. The highest BCUT2D eigenvalue weighted by molar-refractivity contribution is 5.98. The molecule has 0 saturated heterocycles. The van der Waals surface area contributed by atoms with Gasteiger partial charge in [0, 0.05) is 12.0 Å². The van der Waals surface area contributed by atoms with Crippen molar-refractivity contribution >= 4 is 5.78 Å². The second kappa shape index (κ2) is 4.18. The van der Waals surface area contributed by atoms with Gasteiger partial charge >= 0.3 is 0 Å². The molecule has 0 aromatic heterocycles. The summed E-state index contributed by atoms with van der Waals surface area (Å²) < 4.78 is 0. The largest absolute Gasteiger partial charge is 0.294 e. The number of carbonyl (C=O) groups excluding carboxylic acids is 1. The molecule has 0 N–H and O–H groups in total. The van der Waals surface area contributed by atoms with E-state index in [1.165, 1.54) is 11.1 Å². The van der Waals surface area contributed by atoms with E-state index in [1.807, 2.05) is 0 Å². The van der Waals surface area contributed by atoms with Crippen LogP contribution in [-0.2, 0) is 6.42 Å². The Kier molecular flexibility index (Phi) is 2.90. The predicted octanol–water partition coefficient (Wildman–Crippen LogP) is 3.72. The van der Waals surface area contributed by atoms with Gasteiger partial charge in [0.1, 0.15) is 0 Å². The molecule has 80 valence electrons. The summed E-state index contributed by atoms with van der Waals surface area (Å²) in [6.07, 6.45) is 3.96. The Morgan fingerprint density at radius 3 is 2.87 bits per heavy atom. The monoisotopic (exact) mass is 202 g/mol. The lowest BCUT2D eigenvalue weighted by atomic mass is 9.87. The third kappa shape index (κ3) is 1.97. The van der Waals surface area contributed by atoms with Gasteiger partial charge in [-0.3, -0.25) is 4.79 Å². The predicted molar refractivity (Wildman–Crippen MR) is 62.4 cm³/mol. The summed E-state index contributed by atoms with van der Waals surface area (Å²) in [6, 6.07) is 6.45. The highest BCUT2D eigenvalue weighted by Crippen LogP contribution is 2.26. The van der Waals surface area contributed by atoms with E-state index in [4.69, 9.17) is 0 Å². The van der Waals surface area contributed by atoms with Crippen LogP contribution < -0.4 is 0 Å². The molecule has 0 fully saturated rings. The number of hydrogen-bond acceptors (Lipinski definition) is 1. The Balaban J connectivity index is 2.39. The Bertz CT molecular complexity index is 379. The molecular formula is C14H18O. The summed E-state index contributed by atoms with van der Waals surface area (Å²) in [6.45, 7) is 4.40. The fourth-order valence-corrected chi connectivity index (χ4v) is 2.19. The fraction of sp³-hybridized carbons (Fsp3) is 0.500. The molecule has 0 spiro atoms. The average Bonchev–Trinajstić information content (AvgIpc) is 2.28. The van der Waals surface area contributed by atoms with E-state index in [0.717, 1.165) is 31.2 Å². The van der Waals surface area contributed by atoms with Gasteiger partial charge in [-0.25, -0.2) is 0 Å². The second-order valence-electron chi connectivity index (χ2n) is 4.50. The highest BCUT2D eigenvalue weighted by atomic mass is 16.1. The number of Topliss-reactive ketones (excluding diaryl/α,β-unsaturated/α-hetero) is 1. The lowest BCUT2D eigenvalue weighted by Crippen LogP contribution is -2.11. The summed E-state index contributed by atoms with van der Waals surface area (Å²) in [4.78, 5) is 11.7. The molecule has 1 heteroatoms. The van der Waals surface area contributed by atoms with E-state index in [2.05, 4.69) is 32.0 Å². The standard InChI is InChI=1S/C14H18O/c1-3-10(2)12-8-7-11-5-4-6-14(15)13(11)9-12/h7-10H,3-6H2,1-2H3. The van der Waals surface area contributed by atoms with Crippen molar-refractivity contribution in [1.82, 2.24) is 0 Å². The molecule has 1 aromatic carbocycles. The lowest BCUT2D eigenvalue weighted by Gasteiger charge is -2.17. The van der Waals surface area contributed by atoms with E-state index < -0.39 is 0 Å². The molecule has 1 atom stereocenters. The number of fused-ring (bicyclic) bond motifs is 1. The van der Waals surface area contributed by atoms with Crippen molar-refractivity contribution in [2.45, 2.75) is 45.4 Å². The van der Waals surface area contributed by atoms with E-state index in [1.54, 1.807) is 0 Å². The first-order chi connectivity index (χ1) is 7.22. The maximum atomic E-state index is 11.7. The highest BCUT2D eigenvalue weighted by Gasteiger charge is 2.17. The van der Waals surface area contributed by atoms with Crippen molar-refractivity contribution in [3.63, 3.8) is 0 Å². The Labute approximate surface area is 91.5 Å². The molecule has 1 aromatic rings. The van der Waals surface area contributed by atoms with Crippen LogP contribution >= 0.6 is 0 Å². The van der Waals surface area contributed by atoms with Crippen LogP contribution in [0.15, 0.2) is 18.2 Å². The zero-order valence-electron chi connectivity index (χ0n) is 9.55. The van der Waals surface area contributed by atoms with Crippen LogP contribution in [0.2, 0.25) is 0 Å². The van der Waals surface area contributed by atoms with Gasteiger partial charge in [-0.2, -0.15) is 0 Å². The van der Waals surface area contributed by atoms with Crippen LogP contribution in [0.25, 0.3) is 0 Å². The van der Waals surface area contributed by atoms with Crippen molar-refractivity contribution in [3.05, 3.63) is 34.9 Å². The van der Waals surface area contributed by atoms with Crippen molar-refractivity contribution in [1.29, 1.82) is 0 Å². The van der Waals surface area contributed by atoms with Crippen LogP contribution in [0.1, 0.15) is 60.5 Å². The van der Waals surface area contributed by atoms with Gasteiger partial charge in [-0.1, -0.05) is 26.0 Å². The Hall–Kier alpha value is -1.11. The van der Waals surface area contributed by atoms with Gasteiger partial charge in [-0.05, 0) is 42.4 Å². The summed E-state index contributed by atoms with van der Waals surface area (Å²) in [5, 5.41) is 0. The van der Waals surface area contributed by atoms with Gasteiger partial charge in [0.25, 0.3) is 0 Å². The Morgan fingerprint density at radius 1 is 1.33 bits per heavy atom. The third-order valence-electron chi connectivity index (χ3n) is 3.47. The maximum Gasteiger partial charge on any atom is 0.163 e. The Morgan fingerprint density at radius 2 is 2.13 bits per heavy atom. The van der Waals surface area contributed by atoms with E-state index >= 15 is 0 Å². The first kappa shape index (κ1) is 10.4. The smallest absolute Gasteiger partial charge is 0.163 e. The fourth-order valence-electron chi connectivity index (χ4n) is 2.19. The van der Waals surface area contributed by atoms with Crippen LogP contribution in [0.4, 0.5) is 0 Å². The van der Waals surface area contributed by atoms with Gasteiger partial charge in [0.15, 0.2) is 5.78 Å². The minimum atomic E-state index is 0.335. The van der Waals surface area contributed by atoms with E-state index in [0.29, 0.717) is 11.7 Å². The maximum absolute atomic E-state index is 11.7. The summed E-state index contributed by atoms with van der Waals surface area (Å²) in [5.41, 5.74) is 3.55. The van der Waals surface area contributed by atoms with E-state index in [-0.39, 0.29) is 0 Å². The molecule has 0 amide bonds. The quantitative estimate of drug-likeness (QED) is 0.714. The molecular weight excluding hydrogens is 184 g/mol. The van der Waals surface area contributed by atoms with Crippen LogP contribution in [0.3, 0.4) is 0 Å². The lowest BCUT2D eigenvalue weighted by molar-refractivity contribution is 0.0972. The van der Waals surface area contributed by atoms with Gasteiger partial charge in [0.2, 0.25) is 0 Å². The zero-order chi connectivity index (χ0) is 10.8. The molecule has 1 aliphatic rings. The zero-order valence-corrected chi connectivity index (χ0v) is 9.55. The molecule has 15 heavy (non-hydrogen) atoms. The van der Waals surface area contributed by atoms with Crippen LogP contribution in [-0.4, -0.2) is 5.78 Å². The van der Waals surface area contributed by atoms with Crippen molar-refractivity contribution in [2.24, 2.45) is 0 Å². The number of benzene rings is 1. The molecule has 0 saturated carbocycles. The molecule has 0 aliphatic heterocycles. The first-order valence-corrected chi connectivity index (χ1v) is 5.88. The minimum absolute atomic E-state index is 0.335. The number of rotatable bonds is 2. The van der Waals surface area contributed by atoms with Gasteiger partial charge in [0.05, 0.1) is 0 Å². The molecule has 1 aliphatic carbocycles. The number of ketones is 1. The van der Waals surface area contributed by atoms with Gasteiger partial charge < -0.3 is 0 Å². The van der Waals surface area contributed by atoms with Crippen LogP contribution in [0, 0.1) is 0 Å². The molecule has 0 heterocycles. The van der Waals surface area contributed by atoms with Crippen LogP contribution in [0.5, 0.6) is 0 Å². The van der Waals surface area contributed by atoms with Crippen molar-refractivity contribution < 1.29 is 4.79 Å². The third-order valence-corrected chi connectivity index (χ3v) is 3.47. The summed E-state index contributed by atoms with van der Waals surface area (Å²) in [5.74, 6) is 0.895. The van der Waals surface area contributed by atoms with E-state index in [9.17, 15) is 4.79 Å². The normalized spacial score (nSPS) is 17.3. The van der Waals surface area contributed by atoms with Crippen molar-refractivity contribution in [3.8, 4) is 0 Å². The number of aryl methyl sites for hydroxylation is 1. The SMILES string of the molecule is CCC(C)c1ccc2c(c1)C(=O)CCC2. The molecule has 0 bridgehead atoms. The number of hydrogen-bond donors (Lipinski definition) is 0. The molecule has 1 unspecified atom stereocenters. The molecule has 1 nitrogen and oxygen atoms in total. The molecule has 0 radical (unpaired) electrons. The van der Waals surface area contributed by atoms with Crippen molar-refractivity contribution in [2.75, 3.05) is 0 Å². The molecule has 2 rings (SSSR count). The summed E-state index contributed by atoms with van der Waals surface area (Å²) >= 11 is 0. The van der Waals surface area contributed by atoms with Gasteiger partial charge in [-0.15, -0.1) is 0 Å². The average molecular weight is 202 g/mol. The first-order valence-electron chi connectivity index (χ1n) is 5.88. The summed E-state index contributed by atoms with van der Waals surface area (Å²) in [7, 11) is 0. The minimum Gasteiger partial charge on any atom is -0.294 e. The topological polar surface area (TPSA) is 17.1 Å².